The molecular weight excluding hydrogens is 516 g/mol. The highest BCUT2D eigenvalue weighted by atomic mass is 32.1. The first kappa shape index (κ1) is 28.7. The van der Waals surface area contributed by atoms with Gasteiger partial charge in [-0.15, -0.1) is 10.2 Å². The summed E-state index contributed by atoms with van der Waals surface area (Å²) in [5, 5.41) is 16.0. The van der Waals surface area contributed by atoms with Gasteiger partial charge in [0, 0.05) is 48.5 Å². The lowest BCUT2D eigenvalue weighted by atomic mass is 9.91. The highest BCUT2D eigenvalue weighted by Gasteiger charge is 2.25. The molecule has 0 spiro atoms. The fraction of sp³-hybridized carbons (Fsp3) is 0.500. The lowest BCUT2D eigenvalue weighted by molar-refractivity contribution is 0.0700. The van der Waals surface area contributed by atoms with E-state index in [1.807, 2.05) is 24.4 Å². The van der Waals surface area contributed by atoms with Crippen molar-refractivity contribution in [3.63, 3.8) is 0 Å². The topological polar surface area (TPSA) is 96.1 Å². The molecule has 0 N–H and O–H groups in total. The van der Waals surface area contributed by atoms with Crippen LogP contribution in [0.5, 0.6) is 11.5 Å². The van der Waals surface area contributed by atoms with E-state index >= 15 is 0 Å². The molecule has 3 aromatic heterocycles. The van der Waals surface area contributed by atoms with E-state index in [9.17, 15) is 0 Å². The van der Waals surface area contributed by atoms with Crippen molar-refractivity contribution in [2.75, 3.05) is 59.1 Å². The van der Waals surface area contributed by atoms with Crippen LogP contribution < -0.4 is 19.6 Å². The second kappa shape index (κ2) is 12.7. The second-order valence-electron chi connectivity index (χ2n) is 10.1. The van der Waals surface area contributed by atoms with Crippen LogP contribution in [0.15, 0.2) is 24.4 Å². The summed E-state index contributed by atoms with van der Waals surface area (Å²) in [6.45, 7) is 12.3. The number of ether oxygens (including phenoxy) is 4. The third-order valence-corrected chi connectivity index (χ3v) is 7.30. The predicted octanol–water partition coefficient (Wildman–Crippen LogP) is 3.99. The van der Waals surface area contributed by atoms with Crippen LogP contribution in [0.3, 0.4) is 0 Å². The largest absolute Gasteiger partial charge is 0.497 e. The van der Waals surface area contributed by atoms with Gasteiger partial charge in [0.25, 0.3) is 0 Å². The Morgan fingerprint density at radius 1 is 1.05 bits per heavy atom. The molecule has 0 unspecified atom stereocenters. The summed E-state index contributed by atoms with van der Waals surface area (Å²) in [5.41, 5.74) is 2.17. The van der Waals surface area contributed by atoms with Gasteiger partial charge in [-0.1, -0.05) is 32.1 Å². The minimum absolute atomic E-state index is 0.214. The number of benzene rings is 1. The third-order valence-electron chi connectivity index (χ3n) is 6.29. The Kier molecular flexibility index (Phi) is 9.36. The van der Waals surface area contributed by atoms with Crippen molar-refractivity contribution in [1.82, 2.24) is 24.8 Å². The first-order valence-electron chi connectivity index (χ1n) is 13.1. The summed E-state index contributed by atoms with van der Waals surface area (Å²) in [5.74, 6) is 1.98. The van der Waals surface area contributed by atoms with E-state index in [0.717, 1.165) is 46.0 Å². The summed E-state index contributed by atoms with van der Waals surface area (Å²) >= 11 is 1.65. The first-order valence-corrected chi connectivity index (χ1v) is 13.9. The number of methoxy groups -OCH3 is 3. The van der Waals surface area contributed by atoms with E-state index in [-0.39, 0.29) is 5.41 Å². The SMILES string of the molecule is CCN(CCCOCCOC)c1ncc(C=c2c(C(C)(C)C)nn3c(-c4cc(OC)ccc4OC)nnc23)s1. The summed E-state index contributed by atoms with van der Waals surface area (Å²) in [4.78, 5) is 8.03. The normalized spacial score (nSPS) is 12.4. The number of fused-ring (bicyclic) bond motifs is 1. The third kappa shape index (κ3) is 6.48. The van der Waals surface area contributed by atoms with E-state index in [2.05, 4.69) is 48.9 Å². The van der Waals surface area contributed by atoms with E-state index in [0.29, 0.717) is 42.8 Å². The van der Waals surface area contributed by atoms with E-state index < -0.39 is 0 Å². The van der Waals surface area contributed by atoms with Crippen LogP contribution in [0.25, 0.3) is 23.1 Å². The molecular formula is C28H38N6O4S. The average molecular weight is 555 g/mol. The number of thiazole rings is 1. The molecule has 10 nitrogen and oxygen atoms in total. The molecule has 11 heteroatoms. The lowest BCUT2D eigenvalue weighted by Gasteiger charge is -2.19. The molecule has 39 heavy (non-hydrogen) atoms. The maximum atomic E-state index is 5.62. The zero-order valence-corrected chi connectivity index (χ0v) is 24.7. The van der Waals surface area contributed by atoms with Crippen molar-refractivity contribution in [1.29, 1.82) is 0 Å². The molecule has 0 aliphatic rings. The Hall–Kier alpha value is -3.28. The van der Waals surface area contributed by atoms with Crippen molar-refractivity contribution >= 4 is 28.2 Å². The average Bonchev–Trinajstić information content (AvgIpc) is 3.64. The Balaban J connectivity index is 1.68. The van der Waals surface area contributed by atoms with Gasteiger partial charge in [-0.25, -0.2) is 4.98 Å². The van der Waals surface area contributed by atoms with Crippen molar-refractivity contribution in [3.05, 3.63) is 40.2 Å². The second-order valence-corrected chi connectivity index (χ2v) is 11.1. The van der Waals surface area contributed by atoms with E-state index in [1.165, 1.54) is 0 Å². The minimum atomic E-state index is -0.214. The molecule has 1 aromatic carbocycles. The van der Waals surface area contributed by atoms with Crippen LogP contribution in [0.2, 0.25) is 0 Å². The molecule has 0 fully saturated rings. The first-order chi connectivity index (χ1) is 18.8. The van der Waals surface area contributed by atoms with Crippen LogP contribution in [0, 0.1) is 0 Å². The Bertz CT molecular complexity index is 1430. The zero-order valence-electron chi connectivity index (χ0n) is 23.9. The molecule has 0 saturated heterocycles. The standard InChI is InChI=1S/C28H38N6O4S/c1-8-33(12-9-13-38-15-14-35-5)27-29-18-20(39-27)17-22-24(28(2,3)4)32-34-25(30-31-26(22)34)21-16-19(36-6)10-11-23(21)37-7/h10-11,16-18H,8-9,12-15H2,1-7H3. The van der Waals surface area contributed by atoms with Crippen molar-refractivity contribution < 1.29 is 18.9 Å². The summed E-state index contributed by atoms with van der Waals surface area (Å²) < 4.78 is 23.5. The Labute approximate surface area is 233 Å². The number of rotatable bonds is 13. The van der Waals surface area contributed by atoms with Crippen LogP contribution >= 0.6 is 11.3 Å². The number of nitrogens with zero attached hydrogens (tertiary/aromatic N) is 6. The molecule has 0 saturated carbocycles. The van der Waals surface area contributed by atoms with Gasteiger partial charge >= 0.3 is 0 Å². The highest BCUT2D eigenvalue weighted by molar-refractivity contribution is 7.16. The Morgan fingerprint density at radius 2 is 1.87 bits per heavy atom. The van der Waals surface area contributed by atoms with Gasteiger partial charge in [-0.05, 0) is 37.6 Å². The van der Waals surface area contributed by atoms with Crippen LogP contribution in [0.4, 0.5) is 5.13 Å². The monoisotopic (exact) mass is 554 g/mol. The molecule has 0 aliphatic heterocycles. The van der Waals surface area contributed by atoms with Gasteiger partial charge in [0.2, 0.25) is 0 Å². The lowest BCUT2D eigenvalue weighted by Crippen LogP contribution is -2.24. The maximum absolute atomic E-state index is 5.62. The van der Waals surface area contributed by atoms with Gasteiger partial charge in [0.05, 0.1) is 38.7 Å². The van der Waals surface area contributed by atoms with Gasteiger partial charge < -0.3 is 23.8 Å². The fourth-order valence-electron chi connectivity index (χ4n) is 4.27. The fourth-order valence-corrected chi connectivity index (χ4v) is 5.22. The van der Waals surface area contributed by atoms with E-state index in [1.54, 1.807) is 37.2 Å². The quantitative estimate of drug-likeness (QED) is 0.227. The summed E-state index contributed by atoms with van der Waals surface area (Å²) in [6, 6.07) is 5.61. The molecule has 4 rings (SSSR count). The zero-order chi connectivity index (χ0) is 28.0. The number of anilines is 1. The minimum Gasteiger partial charge on any atom is -0.497 e. The van der Waals surface area contributed by atoms with Crippen molar-refractivity contribution in [3.8, 4) is 22.9 Å². The van der Waals surface area contributed by atoms with Crippen molar-refractivity contribution in [2.45, 2.75) is 39.5 Å². The molecule has 0 atom stereocenters. The Morgan fingerprint density at radius 3 is 2.56 bits per heavy atom. The van der Waals surface area contributed by atoms with Crippen LogP contribution in [0.1, 0.15) is 44.7 Å². The summed E-state index contributed by atoms with van der Waals surface area (Å²) in [7, 11) is 4.95. The highest BCUT2D eigenvalue weighted by Crippen LogP contribution is 2.33. The molecule has 4 aromatic rings. The predicted molar refractivity (Wildman–Crippen MR) is 154 cm³/mol. The van der Waals surface area contributed by atoms with Crippen LogP contribution in [-0.2, 0) is 14.9 Å². The smallest absolute Gasteiger partial charge is 0.189 e. The molecule has 3 heterocycles. The van der Waals surface area contributed by atoms with Gasteiger partial charge in [-0.3, -0.25) is 0 Å². The van der Waals surface area contributed by atoms with Gasteiger partial charge in [-0.2, -0.15) is 9.61 Å². The van der Waals surface area contributed by atoms with E-state index in [4.69, 9.17) is 29.0 Å². The summed E-state index contributed by atoms with van der Waals surface area (Å²) in [6.07, 6.45) is 4.96. The number of hydrogen-bond acceptors (Lipinski definition) is 10. The number of hydrogen-bond donors (Lipinski definition) is 0. The molecule has 210 valence electrons. The number of aromatic nitrogens is 5. The van der Waals surface area contributed by atoms with Gasteiger partial charge in [0.15, 0.2) is 16.6 Å². The van der Waals surface area contributed by atoms with Crippen molar-refractivity contribution in [2.24, 2.45) is 0 Å². The molecule has 0 radical (unpaired) electrons. The van der Waals surface area contributed by atoms with Gasteiger partial charge in [0.1, 0.15) is 11.5 Å². The molecule has 0 bridgehead atoms. The van der Waals surface area contributed by atoms with Crippen LogP contribution in [-0.4, -0.2) is 79.0 Å². The molecule has 0 amide bonds. The molecule has 0 aliphatic carbocycles. The maximum Gasteiger partial charge on any atom is 0.189 e.